The summed E-state index contributed by atoms with van der Waals surface area (Å²) in [5.74, 6) is 0.519. The molecule has 0 aromatic heterocycles. The van der Waals surface area contributed by atoms with Crippen LogP contribution in [0.25, 0.3) is 0 Å². The molecule has 0 radical (unpaired) electrons. The fourth-order valence-electron chi connectivity index (χ4n) is 2.11. The predicted octanol–water partition coefficient (Wildman–Crippen LogP) is 1.97. The Morgan fingerprint density at radius 3 is 2.93 bits per heavy atom. The lowest BCUT2D eigenvalue weighted by Crippen LogP contribution is -2.28. The van der Waals surface area contributed by atoms with E-state index in [2.05, 4.69) is 11.4 Å². The molecule has 1 saturated heterocycles. The van der Waals surface area contributed by atoms with Gasteiger partial charge in [0.05, 0.1) is 0 Å². The summed E-state index contributed by atoms with van der Waals surface area (Å²) in [6.07, 6.45) is 3.36. The molecule has 74 valence electrons. The first kappa shape index (κ1) is 9.41. The largest absolute Gasteiger partial charge is 0.316 e. The first-order valence-electron chi connectivity index (χ1n) is 5.16. The minimum absolute atomic E-state index is 0.519. The van der Waals surface area contributed by atoms with Crippen LogP contribution in [0.1, 0.15) is 34.7 Å². The van der Waals surface area contributed by atoms with E-state index in [-0.39, 0.29) is 0 Å². The van der Waals surface area contributed by atoms with E-state index in [4.69, 9.17) is 0 Å². The van der Waals surface area contributed by atoms with Crippen molar-refractivity contribution in [3.05, 3.63) is 35.4 Å². The quantitative estimate of drug-likeness (QED) is 0.721. The molecule has 1 unspecified atom stereocenters. The summed E-state index contributed by atoms with van der Waals surface area (Å²) in [5, 5.41) is 3.37. The molecule has 1 aliphatic rings. The molecule has 2 rings (SSSR count). The fourth-order valence-corrected chi connectivity index (χ4v) is 2.11. The third kappa shape index (κ3) is 1.85. The van der Waals surface area contributed by atoms with Crippen LogP contribution in [0, 0.1) is 0 Å². The van der Waals surface area contributed by atoms with Crippen molar-refractivity contribution in [1.29, 1.82) is 0 Å². The Hall–Kier alpha value is -1.15. The van der Waals surface area contributed by atoms with Crippen molar-refractivity contribution in [2.75, 3.05) is 13.1 Å². The Bertz CT molecular complexity index is 316. The minimum Gasteiger partial charge on any atom is -0.316 e. The minimum atomic E-state index is 0.519. The molecule has 0 saturated carbocycles. The van der Waals surface area contributed by atoms with Crippen molar-refractivity contribution in [1.82, 2.24) is 5.32 Å². The van der Waals surface area contributed by atoms with Crippen molar-refractivity contribution in [2.24, 2.45) is 0 Å². The highest BCUT2D eigenvalue weighted by atomic mass is 16.1. The summed E-state index contributed by atoms with van der Waals surface area (Å²) in [6.45, 7) is 2.12. The molecule has 0 bridgehead atoms. The van der Waals surface area contributed by atoms with Gasteiger partial charge in [-0.1, -0.05) is 24.3 Å². The lowest BCUT2D eigenvalue weighted by atomic mass is 9.89. The van der Waals surface area contributed by atoms with Gasteiger partial charge in [0.1, 0.15) is 6.29 Å². The second kappa shape index (κ2) is 4.38. The van der Waals surface area contributed by atoms with E-state index in [9.17, 15) is 4.79 Å². The molecule has 1 N–H and O–H groups in total. The van der Waals surface area contributed by atoms with Crippen LogP contribution < -0.4 is 5.32 Å². The number of piperidine rings is 1. The summed E-state index contributed by atoms with van der Waals surface area (Å²) in [7, 11) is 0. The van der Waals surface area contributed by atoms with Crippen molar-refractivity contribution in [3.63, 3.8) is 0 Å². The monoisotopic (exact) mass is 189 g/mol. The molecule has 1 aromatic carbocycles. The molecule has 0 amide bonds. The van der Waals surface area contributed by atoms with Gasteiger partial charge in [-0.2, -0.15) is 0 Å². The second-order valence-corrected chi connectivity index (χ2v) is 3.79. The smallest absolute Gasteiger partial charge is 0.150 e. The van der Waals surface area contributed by atoms with Crippen LogP contribution in [0.15, 0.2) is 24.3 Å². The highest BCUT2D eigenvalue weighted by molar-refractivity contribution is 5.77. The van der Waals surface area contributed by atoms with Crippen LogP contribution in [0.5, 0.6) is 0 Å². The summed E-state index contributed by atoms with van der Waals surface area (Å²) < 4.78 is 0. The summed E-state index contributed by atoms with van der Waals surface area (Å²) >= 11 is 0. The molecule has 14 heavy (non-hydrogen) atoms. The zero-order chi connectivity index (χ0) is 9.80. The van der Waals surface area contributed by atoms with Gasteiger partial charge in [-0.05, 0) is 30.9 Å². The number of carbonyl (C=O) groups excluding carboxylic acids is 1. The highest BCUT2D eigenvalue weighted by Gasteiger charge is 2.17. The Morgan fingerprint density at radius 2 is 2.21 bits per heavy atom. The van der Waals surface area contributed by atoms with E-state index in [1.54, 1.807) is 0 Å². The molecule has 2 heteroatoms. The normalized spacial score (nSPS) is 21.9. The molecular weight excluding hydrogens is 174 g/mol. The van der Waals surface area contributed by atoms with Gasteiger partial charge in [0.15, 0.2) is 0 Å². The average molecular weight is 189 g/mol. The molecule has 2 nitrogen and oxygen atoms in total. The number of nitrogens with one attached hydrogen (secondary N) is 1. The second-order valence-electron chi connectivity index (χ2n) is 3.79. The van der Waals surface area contributed by atoms with Crippen molar-refractivity contribution >= 4 is 6.29 Å². The maximum Gasteiger partial charge on any atom is 0.150 e. The molecule has 1 aliphatic heterocycles. The van der Waals surface area contributed by atoms with Crippen LogP contribution in [-0.4, -0.2) is 19.4 Å². The fraction of sp³-hybridized carbons (Fsp3) is 0.417. The SMILES string of the molecule is O=Cc1ccccc1C1CCCNC1. The number of aldehydes is 1. The Morgan fingerprint density at radius 1 is 1.36 bits per heavy atom. The topological polar surface area (TPSA) is 29.1 Å². The van der Waals surface area contributed by atoms with Crippen LogP contribution in [0.4, 0.5) is 0 Å². The Balaban J connectivity index is 2.24. The molecule has 1 heterocycles. The van der Waals surface area contributed by atoms with Crippen molar-refractivity contribution in [2.45, 2.75) is 18.8 Å². The maximum absolute atomic E-state index is 10.8. The van der Waals surface area contributed by atoms with Crippen LogP contribution >= 0.6 is 0 Å². The summed E-state index contributed by atoms with van der Waals surface area (Å²) in [5.41, 5.74) is 2.05. The zero-order valence-corrected chi connectivity index (χ0v) is 8.20. The Kier molecular flexibility index (Phi) is 2.94. The average Bonchev–Trinajstić information content (AvgIpc) is 2.30. The van der Waals surface area contributed by atoms with Crippen LogP contribution in [0.2, 0.25) is 0 Å². The lowest BCUT2D eigenvalue weighted by molar-refractivity contribution is 0.112. The molecule has 1 aromatic rings. The number of carbonyl (C=O) groups is 1. The number of benzene rings is 1. The van der Waals surface area contributed by atoms with Gasteiger partial charge in [0.25, 0.3) is 0 Å². The third-order valence-electron chi connectivity index (χ3n) is 2.86. The standard InChI is InChI=1S/C12H15NO/c14-9-11-4-1-2-6-12(11)10-5-3-7-13-8-10/h1-2,4,6,9-10,13H,3,5,7-8H2. The van der Waals surface area contributed by atoms with E-state index in [1.807, 2.05) is 18.2 Å². The van der Waals surface area contributed by atoms with Crippen molar-refractivity contribution < 1.29 is 4.79 Å². The number of hydrogen-bond donors (Lipinski definition) is 1. The van der Waals surface area contributed by atoms with E-state index in [1.165, 1.54) is 18.4 Å². The van der Waals surface area contributed by atoms with E-state index >= 15 is 0 Å². The van der Waals surface area contributed by atoms with E-state index in [0.717, 1.165) is 24.9 Å². The zero-order valence-electron chi connectivity index (χ0n) is 8.20. The first-order valence-corrected chi connectivity index (χ1v) is 5.16. The summed E-state index contributed by atoms with van der Waals surface area (Å²) in [6, 6.07) is 7.90. The Labute approximate surface area is 84.3 Å². The molecule has 1 atom stereocenters. The number of rotatable bonds is 2. The molecule has 0 aliphatic carbocycles. The summed E-state index contributed by atoms with van der Waals surface area (Å²) in [4.78, 5) is 10.8. The predicted molar refractivity (Wildman–Crippen MR) is 56.7 cm³/mol. The maximum atomic E-state index is 10.8. The lowest BCUT2D eigenvalue weighted by Gasteiger charge is -2.24. The van der Waals surface area contributed by atoms with Gasteiger partial charge in [-0.3, -0.25) is 4.79 Å². The molecular formula is C12H15NO. The van der Waals surface area contributed by atoms with E-state index < -0.39 is 0 Å². The van der Waals surface area contributed by atoms with Gasteiger partial charge in [0.2, 0.25) is 0 Å². The van der Waals surface area contributed by atoms with Crippen molar-refractivity contribution in [3.8, 4) is 0 Å². The van der Waals surface area contributed by atoms with Gasteiger partial charge in [-0.15, -0.1) is 0 Å². The molecule has 0 spiro atoms. The van der Waals surface area contributed by atoms with Gasteiger partial charge >= 0.3 is 0 Å². The van der Waals surface area contributed by atoms with Gasteiger partial charge in [0, 0.05) is 12.1 Å². The van der Waals surface area contributed by atoms with Crippen LogP contribution in [0.3, 0.4) is 0 Å². The number of hydrogen-bond acceptors (Lipinski definition) is 2. The van der Waals surface area contributed by atoms with Gasteiger partial charge in [-0.25, -0.2) is 0 Å². The highest BCUT2D eigenvalue weighted by Crippen LogP contribution is 2.25. The van der Waals surface area contributed by atoms with Gasteiger partial charge < -0.3 is 5.32 Å². The van der Waals surface area contributed by atoms with E-state index in [0.29, 0.717) is 5.92 Å². The van der Waals surface area contributed by atoms with Crippen LogP contribution in [-0.2, 0) is 0 Å². The third-order valence-corrected chi connectivity index (χ3v) is 2.86. The first-order chi connectivity index (χ1) is 6.92. The molecule has 1 fully saturated rings.